The molecule has 0 radical (unpaired) electrons. The third kappa shape index (κ3) is 3.29. The van der Waals surface area contributed by atoms with Crippen molar-refractivity contribution in [2.24, 2.45) is 0 Å². The van der Waals surface area contributed by atoms with Crippen molar-refractivity contribution in [3.8, 4) is 0 Å². The second-order valence-corrected chi connectivity index (χ2v) is 6.28. The van der Waals surface area contributed by atoms with Gasteiger partial charge in [0.15, 0.2) is 5.69 Å². The maximum atomic E-state index is 12.9. The number of carbonyl (C=O) groups is 2. The summed E-state index contributed by atoms with van der Waals surface area (Å²) < 4.78 is 38.6. The van der Waals surface area contributed by atoms with Crippen molar-refractivity contribution in [3.63, 3.8) is 0 Å². The molecule has 0 saturated carbocycles. The fraction of sp³-hybridized carbons (Fsp3) is 0.353. The number of fused-ring (bicyclic) bond motifs is 1. The van der Waals surface area contributed by atoms with Crippen LogP contribution in [0, 0.1) is 0 Å². The molecule has 0 atom stereocenters. The van der Waals surface area contributed by atoms with Crippen molar-refractivity contribution in [2.75, 3.05) is 20.6 Å². The molecule has 1 aliphatic rings. The number of hydrogen-bond acceptors (Lipinski definition) is 3. The Labute approximate surface area is 147 Å². The Kier molecular flexibility index (Phi) is 4.47. The molecule has 1 aromatic carbocycles. The fourth-order valence-corrected chi connectivity index (χ4v) is 2.87. The highest BCUT2D eigenvalue weighted by molar-refractivity contribution is 5.96. The van der Waals surface area contributed by atoms with Gasteiger partial charge >= 0.3 is 6.18 Å². The number of H-pyrrole nitrogens is 1. The Morgan fingerprint density at radius 1 is 1.27 bits per heavy atom. The Morgan fingerprint density at radius 3 is 2.65 bits per heavy atom. The maximum absolute atomic E-state index is 12.9. The highest BCUT2D eigenvalue weighted by atomic mass is 19.4. The lowest BCUT2D eigenvalue weighted by atomic mass is 10.0. The summed E-state index contributed by atoms with van der Waals surface area (Å²) >= 11 is 0. The van der Waals surface area contributed by atoms with Crippen LogP contribution in [-0.2, 0) is 19.1 Å². The van der Waals surface area contributed by atoms with Crippen LogP contribution in [0.2, 0.25) is 0 Å². The molecule has 2 heterocycles. The van der Waals surface area contributed by atoms with E-state index in [0.29, 0.717) is 18.5 Å². The van der Waals surface area contributed by atoms with E-state index in [1.54, 1.807) is 14.1 Å². The molecule has 0 fully saturated rings. The van der Waals surface area contributed by atoms with Gasteiger partial charge in [0.1, 0.15) is 0 Å². The molecule has 1 aliphatic heterocycles. The molecule has 0 saturated heterocycles. The lowest BCUT2D eigenvalue weighted by Crippen LogP contribution is -2.37. The Balaban J connectivity index is 1.86. The number of nitrogens with one attached hydrogen (secondary N) is 1. The fourth-order valence-electron chi connectivity index (χ4n) is 2.87. The highest BCUT2D eigenvalue weighted by Crippen LogP contribution is 2.30. The summed E-state index contributed by atoms with van der Waals surface area (Å²) in [5, 5.41) is 6.84. The van der Waals surface area contributed by atoms with Crippen molar-refractivity contribution in [3.05, 3.63) is 52.3 Å². The molecule has 9 heteroatoms. The summed E-state index contributed by atoms with van der Waals surface area (Å²) in [6, 6.07) is 4.34. The third-order valence-electron chi connectivity index (χ3n) is 4.27. The summed E-state index contributed by atoms with van der Waals surface area (Å²) in [5.74, 6) is -0.804. The van der Waals surface area contributed by atoms with E-state index in [1.807, 2.05) is 0 Å². The standard InChI is InChI=1S/C17H17F3N4O2/c1-23(2)16(26)14-12-9-24(7-6-13(12)21-22-14)15(25)10-4-3-5-11(8-10)17(18,19)20/h3-5,8H,6-7,9H2,1-2H3,(H,21,22). The van der Waals surface area contributed by atoms with Gasteiger partial charge in [-0.3, -0.25) is 14.7 Å². The summed E-state index contributed by atoms with van der Waals surface area (Å²) in [6.45, 7) is 0.454. The van der Waals surface area contributed by atoms with E-state index in [9.17, 15) is 22.8 Å². The van der Waals surface area contributed by atoms with Crippen LogP contribution >= 0.6 is 0 Å². The van der Waals surface area contributed by atoms with Gasteiger partial charge in [-0.05, 0) is 18.2 Å². The predicted molar refractivity (Wildman–Crippen MR) is 86.5 cm³/mol. The van der Waals surface area contributed by atoms with Crippen LogP contribution in [0.1, 0.15) is 37.7 Å². The molecule has 3 rings (SSSR count). The SMILES string of the molecule is CN(C)C(=O)c1n[nH]c2c1CN(C(=O)c1cccc(C(F)(F)F)c1)CC2. The molecule has 0 spiro atoms. The molecule has 0 aliphatic carbocycles. The minimum atomic E-state index is -4.51. The monoisotopic (exact) mass is 366 g/mol. The first kappa shape index (κ1) is 18.0. The Hall–Kier alpha value is -2.84. The normalized spacial score (nSPS) is 14.1. The zero-order chi connectivity index (χ0) is 19.1. The quantitative estimate of drug-likeness (QED) is 0.887. The number of hydrogen-bond donors (Lipinski definition) is 1. The molecule has 138 valence electrons. The molecular formula is C17H17F3N4O2. The molecule has 0 bridgehead atoms. The van der Waals surface area contributed by atoms with Crippen molar-refractivity contribution < 1.29 is 22.8 Å². The number of aromatic nitrogens is 2. The minimum absolute atomic E-state index is 0.0349. The highest BCUT2D eigenvalue weighted by Gasteiger charge is 2.32. The number of carbonyl (C=O) groups excluding carboxylic acids is 2. The van der Waals surface area contributed by atoms with Gasteiger partial charge in [0.2, 0.25) is 0 Å². The number of halogens is 3. The lowest BCUT2D eigenvalue weighted by molar-refractivity contribution is -0.137. The van der Waals surface area contributed by atoms with Crippen molar-refractivity contribution in [1.82, 2.24) is 20.0 Å². The minimum Gasteiger partial charge on any atom is -0.343 e. The molecule has 0 unspecified atom stereocenters. The third-order valence-corrected chi connectivity index (χ3v) is 4.27. The zero-order valence-corrected chi connectivity index (χ0v) is 14.2. The first-order valence-corrected chi connectivity index (χ1v) is 7.92. The first-order chi connectivity index (χ1) is 12.2. The number of rotatable bonds is 2. The Bertz CT molecular complexity index is 858. The van der Waals surface area contributed by atoms with Crippen LogP contribution < -0.4 is 0 Å². The van der Waals surface area contributed by atoms with E-state index in [-0.39, 0.29) is 23.7 Å². The maximum Gasteiger partial charge on any atom is 0.416 e. The van der Waals surface area contributed by atoms with E-state index in [2.05, 4.69) is 10.2 Å². The molecular weight excluding hydrogens is 349 g/mol. The van der Waals surface area contributed by atoms with Crippen LogP contribution in [0.25, 0.3) is 0 Å². The lowest BCUT2D eigenvalue weighted by Gasteiger charge is -2.27. The molecule has 26 heavy (non-hydrogen) atoms. The van der Waals surface area contributed by atoms with Gasteiger partial charge in [-0.2, -0.15) is 18.3 Å². The van der Waals surface area contributed by atoms with Gasteiger partial charge in [-0.15, -0.1) is 0 Å². The van der Waals surface area contributed by atoms with Gasteiger partial charge in [-0.25, -0.2) is 0 Å². The van der Waals surface area contributed by atoms with Crippen molar-refractivity contribution in [1.29, 1.82) is 0 Å². The summed E-state index contributed by atoms with van der Waals surface area (Å²) in [5.41, 5.74) is 0.699. The van der Waals surface area contributed by atoms with Gasteiger partial charge in [-0.1, -0.05) is 6.07 Å². The summed E-state index contributed by atoms with van der Waals surface area (Å²) in [7, 11) is 3.19. The van der Waals surface area contributed by atoms with E-state index in [4.69, 9.17) is 0 Å². The number of aromatic amines is 1. The van der Waals surface area contributed by atoms with Gasteiger partial charge in [0, 0.05) is 43.9 Å². The number of amides is 2. The Morgan fingerprint density at radius 2 is 2.00 bits per heavy atom. The van der Waals surface area contributed by atoms with E-state index >= 15 is 0 Å². The van der Waals surface area contributed by atoms with Crippen LogP contribution in [-0.4, -0.2) is 52.5 Å². The molecule has 2 amide bonds. The second kappa shape index (κ2) is 6.47. The molecule has 1 N–H and O–H groups in total. The predicted octanol–water partition coefficient (Wildman–Crippen LogP) is 2.33. The average Bonchev–Trinajstić information content (AvgIpc) is 3.02. The molecule has 2 aromatic rings. The van der Waals surface area contributed by atoms with Crippen molar-refractivity contribution in [2.45, 2.75) is 19.1 Å². The summed E-state index contributed by atoms with van der Waals surface area (Å²) in [6.07, 6.45) is -4.06. The average molecular weight is 366 g/mol. The largest absolute Gasteiger partial charge is 0.416 e. The van der Waals surface area contributed by atoms with E-state index in [0.717, 1.165) is 17.8 Å². The van der Waals surface area contributed by atoms with Gasteiger partial charge in [0.25, 0.3) is 11.8 Å². The van der Waals surface area contributed by atoms with E-state index < -0.39 is 17.6 Å². The number of nitrogens with zero attached hydrogens (tertiary/aromatic N) is 3. The van der Waals surface area contributed by atoms with Crippen LogP contribution in [0.15, 0.2) is 24.3 Å². The van der Waals surface area contributed by atoms with Crippen LogP contribution in [0.3, 0.4) is 0 Å². The summed E-state index contributed by atoms with van der Waals surface area (Å²) in [4.78, 5) is 27.7. The first-order valence-electron chi connectivity index (χ1n) is 7.92. The molecule has 6 nitrogen and oxygen atoms in total. The second-order valence-electron chi connectivity index (χ2n) is 6.28. The van der Waals surface area contributed by atoms with Crippen LogP contribution in [0.4, 0.5) is 13.2 Å². The van der Waals surface area contributed by atoms with Crippen molar-refractivity contribution >= 4 is 11.8 Å². The number of alkyl halides is 3. The van der Waals surface area contributed by atoms with Gasteiger partial charge in [0.05, 0.1) is 12.1 Å². The zero-order valence-electron chi connectivity index (χ0n) is 14.2. The smallest absolute Gasteiger partial charge is 0.343 e. The van der Waals surface area contributed by atoms with Gasteiger partial charge < -0.3 is 9.80 Å². The number of benzene rings is 1. The van der Waals surface area contributed by atoms with E-state index in [1.165, 1.54) is 21.9 Å². The molecule has 1 aromatic heterocycles. The topological polar surface area (TPSA) is 69.3 Å². The van der Waals surface area contributed by atoms with Crippen LogP contribution in [0.5, 0.6) is 0 Å².